The number of anilines is 1. The Hall–Kier alpha value is -2.02. The minimum Gasteiger partial charge on any atom is -0.380 e. The summed E-state index contributed by atoms with van der Waals surface area (Å²) in [6.07, 6.45) is 3.55. The molecule has 21 heavy (non-hydrogen) atoms. The van der Waals surface area contributed by atoms with Crippen molar-refractivity contribution in [3.05, 3.63) is 30.2 Å². The van der Waals surface area contributed by atoms with Crippen molar-refractivity contribution < 1.29 is 9.26 Å². The van der Waals surface area contributed by atoms with Gasteiger partial charge in [0, 0.05) is 31.4 Å². The Morgan fingerprint density at radius 1 is 1.19 bits per heavy atom. The van der Waals surface area contributed by atoms with Crippen LogP contribution in [-0.4, -0.2) is 46.4 Å². The molecule has 0 saturated carbocycles. The minimum atomic E-state index is 0.165. The second kappa shape index (κ2) is 5.07. The van der Waals surface area contributed by atoms with Gasteiger partial charge in [0.25, 0.3) is 0 Å². The maximum absolute atomic E-state index is 5.75. The fourth-order valence-electron chi connectivity index (χ4n) is 3.33. The van der Waals surface area contributed by atoms with E-state index in [-0.39, 0.29) is 5.92 Å². The van der Waals surface area contributed by atoms with Crippen LogP contribution in [0.3, 0.4) is 0 Å². The predicted octanol–water partition coefficient (Wildman–Crippen LogP) is 1.03. The molecule has 7 nitrogen and oxygen atoms in total. The number of hydrogen-bond donors (Lipinski definition) is 0. The molecule has 0 amide bonds. The fraction of sp³-hybridized carbons (Fsp3) is 0.571. The van der Waals surface area contributed by atoms with Gasteiger partial charge < -0.3 is 14.2 Å². The molecular formula is C14H17N5O2. The van der Waals surface area contributed by atoms with Crippen molar-refractivity contribution >= 4 is 5.95 Å². The summed E-state index contributed by atoms with van der Waals surface area (Å²) in [6.45, 7) is 5.08. The number of fused-ring (bicyclic) bond motifs is 1. The lowest BCUT2D eigenvalue weighted by Gasteiger charge is -2.30. The zero-order chi connectivity index (χ0) is 14.2. The number of aromatic nitrogens is 4. The van der Waals surface area contributed by atoms with Crippen molar-refractivity contribution in [3.63, 3.8) is 0 Å². The van der Waals surface area contributed by atoms with Crippen molar-refractivity contribution in [2.24, 2.45) is 11.8 Å². The molecule has 2 aromatic rings. The zero-order valence-corrected chi connectivity index (χ0v) is 11.8. The van der Waals surface area contributed by atoms with Crippen LogP contribution in [0.25, 0.3) is 0 Å². The van der Waals surface area contributed by atoms with Crippen LogP contribution < -0.4 is 4.90 Å². The molecule has 2 aliphatic rings. The topological polar surface area (TPSA) is 77.2 Å². The molecule has 0 bridgehead atoms. The quantitative estimate of drug-likeness (QED) is 0.816. The minimum absolute atomic E-state index is 0.165. The maximum Gasteiger partial charge on any atom is 0.232 e. The Balaban J connectivity index is 1.58. The first-order valence-electron chi connectivity index (χ1n) is 7.21. The van der Waals surface area contributed by atoms with Crippen molar-refractivity contribution in [2.45, 2.75) is 12.8 Å². The fourth-order valence-corrected chi connectivity index (χ4v) is 3.33. The van der Waals surface area contributed by atoms with Gasteiger partial charge in [0.2, 0.25) is 11.8 Å². The molecule has 110 valence electrons. The molecule has 0 unspecified atom stereocenters. The lowest BCUT2D eigenvalue weighted by molar-refractivity contribution is 0.00996. The largest absolute Gasteiger partial charge is 0.380 e. The van der Waals surface area contributed by atoms with Gasteiger partial charge in [-0.3, -0.25) is 0 Å². The summed E-state index contributed by atoms with van der Waals surface area (Å²) in [4.78, 5) is 15.3. The van der Waals surface area contributed by atoms with Gasteiger partial charge in [0.05, 0.1) is 19.1 Å². The Morgan fingerprint density at radius 2 is 2.05 bits per heavy atom. The summed E-state index contributed by atoms with van der Waals surface area (Å²) < 4.78 is 11.1. The highest BCUT2D eigenvalue weighted by Gasteiger charge is 2.44. The van der Waals surface area contributed by atoms with E-state index in [1.807, 2.05) is 13.0 Å². The van der Waals surface area contributed by atoms with Gasteiger partial charge >= 0.3 is 0 Å². The van der Waals surface area contributed by atoms with E-state index in [4.69, 9.17) is 9.26 Å². The Kier molecular flexibility index (Phi) is 3.07. The van der Waals surface area contributed by atoms with E-state index in [0.717, 1.165) is 25.6 Å². The molecule has 0 aromatic carbocycles. The van der Waals surface area contributed by atoms with Crippen molar-refractivity contribution in [2.75, 3.05) is 31.2 Å². The maximum atomic E-state index is 5.75. The molecule has 2 fully saturated rings. The normalized spacial score (nSPS) is 28.6. The number of hydrogen-bond acceptors (Lipinski definition) is 7. The smallest absolute Gasteiger partial charge is 0.232 e. The van der Waals surface area contributed by atoms with Crippen molar-refractivity contribution in [1.82, 2.24) is 20.1 Å². The first-order valence-corrected chi connectivity index (χ1v) is 7.21. The van der Waals surface area contributed by atoms with Gasteiger partial charge in [-0.05, 0) is 18.9 Å². The lowest BCUT2D eigenvalue weighted by Crippen LogP contribution is -2.33. The standard InChI is InChI=1S/C14H17N5O2/c1-9-17-13(21-18-9)12-8-20-7-10-5-19(6-11(10)12)14-15-3-2-4-16-14/h2-4,10-12H,5-8H2,1H3/t10-,11-,12+/m1/s1. The van der Waals surface area contributed by atoms with E-state index in [1.165, 1.54) is 0 Å². The molecule has 4 rings (SSSR count). The molecule has 0 radical (unpaired) electrons. The molecular weight excluding hydrogens is 270 g/mol. The summed E-state index contributed by atoms with van der Waals surface area (Å²) >= 11 is 0. The van der Waals surface area contributed by atoms with E-state index in [2.05, 4.69) is 25.0 Å². The van der Waals surface area contributed by atoms with E-state index < -0.39 is 0 Å². The summed E-state index contributed by atoms with van der Waals surface area (Å²) in [5, 5.41) is 3.90. The van der Waals surface area contributed by atoms with E-state index in [0.29, 0.717) is 30.2 Å². The summed E-state index contributed by atoms with van der Waals surface area (Å²) in [5.74, 6) is 3.22. The second-order valence-corrected chi connectivity index (χ2v) is 5.70. The SMILES string of the molecule is Cc1noc([C@H]2COC[C@H]3CN(c4ncccn4)C[C@H]32)n1. The number of aryl methyl sites for hydroxylation is 1. The van der Waals surface area contributed by atoms with Crippen LogP contribution in [0.4, 0.5) is 5.95 Å². The van der Waals surface area contributed by atoms with Crippen LogP contribution in [-0.2, 0) is 4.74 Å². The van der Waals surface area contributed by atoms with Crippen LogP contribution in [0.2, 0.25) is 0 Å². The molecule has 2 saturated heterocycles. The highest BCUT2D eigenvalue weighted by Crippen LogP contribution is 2.39. The third-order valence-electron chi connectivity index (χ3n) is 4.33. The van der Waals surface area contributed by atoms with Crippen LogP contribution in [0, 0.1) is 18.8 Å². The monoisotopic (exact) mass is 287 g/mol. The first-order chi connectivity index (χ1) is 10.3. The summed E-state index contributed by atoms with van der Waals surface area (Å²) in [6, 6.07) is 1.83. The average molecular weight is 287 g/mol. The molecule has 4 heterocycles. The Bertz CT molecular complexity index is 617. The predicted molar refractivity (Wildman–Crippen MR) is 73.8 cm³/mol. The summed E-state index contributed by atoms with van der Waals surface area (Å²) in [7, 11) is 0. The molecule has 0 aliphatic carbocycles. The third-order valence-corrected chi connectivity index (χ3v) is 4.33. The third kappa shape index (κ3) is 2.27. The lowest BCUT2D eigenvalue weighted by atomic mass is 9.83. The van der Waals surface area contributed by atoms with Crippen LogP contribution >= 0.6 is 0 Å². The van der Waals surface area contributed by atoms with Gasteiger partial charge in [-0.1, -0.05) is 5.16 Å². The highest BCUT2D eigenvalue weighted by atomic mass is 16.5. The number of ether oxygens (including phenoxy) is 1. The second-order valence-electron chi connectivity index (χ2n) is 5.70. The number of nitrogens with zero attached hydrogens (tertiary/aromatic N) is 5. The van der Waals surface area contributed by atoms with E-state index >= 15 is 0 Å². The molecule has 2 aromatic heterocycles. The van der Waals surface area contributed by atoms with Gasteiger partial charge in [-0.25, -0.2) is 9.97 Å². The van der Waals surface area contributed by atoms with E-state index in [9.17, 15) is 0 Å². The van der Waals surface area contributed by atoms with Crippen molar-refractivity contribution in [1.29, 1.82) is 0 Å². The van der Waals surface area contributed by atoms with Crippen molar-refractivity contribution in [3.8, 4) is 0 Å². The van der Waals surface area contributed by atoms with Gasteiger partial charge in [-0.2, -0.15) is 4.98 Å². The first kappa shape index (κ1) is 12.7. The zero-order valence-electron chi connectivity index (χ0n) is 11.8. The molecule has 7 heteroatoms. The van der Waals surface area contributed by atoms with E-state index in [1.54, 1.807) is 12.4 Å². The van der Waals surface area contributed by atoms with Crippen LogP contribution in [0.5, 0.6) is 0 Å². The van der Waals surface area contributed by atoms with Gasteiger partial charge in [0.15, 0.2) is 5.82 Å². The molecule has 0 N–H and O–H groups in total. The molecule has 2 aliphatic heterocycles. The highest BCUT2D eigenvalue weighted by molar-refractivity contribution is 5.32. The van der Waals surface area contributed by atoms with Gasteiger partial charge in [0.1, 0.15) is 0 Å². The Morgan fingerprint density at radius 3 is 2.81 bits per heavy atom. The van der Waals surface area contributed by atoms with Crippen LogP contribution in [0.15, 0.2) is 23.0 Å². The molecule has 3 atom stereocenters. The average Bonchev–Trinajstić information content (AvgIpc) is 3.14. The van der Waals surface area contributed by atoms with Crippen LogP contribution in [0.1, 0.15) is 17.6 Å². The summed E-state index contributed by atoms with van der Waals surface area (Å²) in [5.41, 5.74) is 0. The molecule has 0 spiro atoms. The Labute approximate surface area is 122 Å². The van der Waals surface area contributed by atoms with Gasteiger partial charge in [-0.15, -0.1) is 0 Å². The number of rotatable bonds is 2.